The van der Waals surface area contributed by atoms with Gasteiger partial charge in [-0.1, -0.05) is 11.6 Å². The minimum atomic E-state index is -0.0205. The molecular weight excluding hydrogens is 497 g/mol. The van der Waals surface area contributed by atoms with E-state index in [1.165, 1.54) is 4.88 Å². The number of hydrogen-bond acceptors (Lipinski definition) is 4. The van der Waals surface area contributed by atoms with Crippen molar-refractivity contribution < 1.29 is 4.79 Å². The highest BCUT2D eigenvalue weighted by atomic mass is 127. The number of guanidine groups is 1. The summed E-state index contributed by atoms with van der Waals surface area (Å²) in [5, 5.41) is 11.0. The van der Waals surface area contributed by atoms with Gasteiger partial charge in [0.05, 0.1) is 17.2 Å². The summed E-state index contributed by atoms with van der Waals surface area (Å²) in [5.41, 5.74) is 1.80. The summed E-state index contributed by atoms with van der Waals surface area (Å²) < 4.78 is 0. The molecule has 0 bridgehead atoms. The number of halogens is 2. The van der Waals surface area contributed by atoms with E-state index in [2.05, 4.69) is 25.9 Å². The van der Waals surface area contributed by atoms with Crippen LogP contribution >= 0.6 is 46.9 Å². The van der Waals surface area contributed by atoms with Crippen LogP contribution < -0.4 is 16.0 Å². The van der Waals surface area contributed by atoms with E-state index in [9.17, 15) is 4.79 Å². The van der Waals surface area contributed by atoms with Gasteiger partial charge in [0.25, 0.3) is 0 Å². The van der Waals surface area contributed by atoms with Gasteiger partial charge in [0.1, 0.15) is 0 Å². The average molecular weight is 522 g/mol. The van der Waals surface area contributed by atoms with Crippen LogP contribution in [0.25, 0.3) is 0 Å². The Morgan fingerprint density at radius 1 is 1.22 bits per heavy atom. The van der Waals surface area contributed by atoms with Crippen molar-refractivity contribution in [3.63, 3.8) is 0 Å². The van der Waals surface area contributed by atoms with Gasteiger partial charge in [-0.15, -0.1) is 35.3 Å². The molecule has 148 valence electrons. The zero-order valence-electron chi connectivity index (χ0n) is 15.6. The van der Waals surface area contributed by atoms with Crippen molar-refractivity contribution in [2.75, 3.05) is 18.9 Å². The number of aryl methyl sites for hydroxylation is 2. The van der Waals surface area contributed by atoms with Gasteiger partial charge in [-0.25, -0.2) is 4.98 Å². The summed E-state index contributed by atoms with van der Waals surface area (Å²) in [6.45, 7) is 5.36. The fourth-order valence-corrected chi connectivity index (χ4v) is 3.34. The monoisotopic (exact) mass is 521 g/mol. The number of hydrogen-bond donors (Lipinski definition) is 3. The summed E-state index contributed by atoms with van der Waals surface area (Å²) in [6, 6.07) is 7.07. The van der Waals surface area contributed by atoms with E-state index < -0.39 is 0 Å². The Kier molecular flexibility index (Phi) is 10.6. The number of benzene rings is 1. The van der Waals surface area contributed by atoms with Crippen LogP contribution in [0.1, 0.15) is 28.4 Å². The first-order valence-corrected chi connectivity index (χ1v) is 9.60. The Morgan fingerprint density at radius 2 is 1.93 bits per heavy atom. The third kappa shape index (κ3) is 8.44. The predicted molar refractivity (Wildman–Crippen MR) is 125 cm³/mol. The third-order valence-corrected chi connectivity index (χ3v) is 4.97. The first-order valence-electron chi connectivity index (χ1n) is 8.40. The Bertz CT molecular complexity index is 764. The smallest absolute Gasteiger partial charge is 0.224 e. The molecule has 0 aliphatic carbocycles. The van der Waals surface area contributed by atoms with Crippen LogP contribution in [0.15, 0.2) is 29.3 Å². The van der Waals surface area contributed by atoms with Gasteiger partial charge in [-0.2, -0.15) is 0 Å². The zero-order chi connectivity index (χ0) is 18.9. The van der Waals surface area contributed by atoms with E-state index in [1.54, 1.807) is 42.6 Å². The molecule has 1 aromatic carbocycles. The molecule has 0 saturated carbocycles. The molecule has 3 N–H and O–H groups in total. The normalized spacial score (nSPS) is 10.9. The second-order valence-corrected chi connectivity index (χ2v) is 7.48. The lowest BCUT2D eigenvalue weighted by molar-refractivity contribution is -0.116. The molecule has 0 saturated heterocycles. The number of aliphatic imine (C=N–C) groups is 1. The number of amides is 1. The largest absolute Gasteiger partial charge is 0.356 e. The summed E-state index contributed by atoms with van der Waals surface area (Å²) in [7, 11) is 1.73. The van der Waals surface area contributed by atoms with Crippen molar-refractivity contribution in [3.05, 3.63) is 44.9 Å². The maximum Gasteiger partial charge on any atom is 0.224 e. The molecule has 0 aliphatic heterocycles. The third-order valence-electron chi connectivity index (χ3n) is 3.64. The van der Waals surface area contributed by atoms with Gasteiger partial charge >= 0.3 is 0 Å². The number of aromatic nitrogens is 1. The van der Waals surface area contributed by atoms with Gasteiger partial charge in [-0.3, -0.25) is 9.79 Å². The molecular formula is C18H25ClIN5OS. The summed E-state index contributed by atoms with van der Waals surface area (Å²) in [4.78, 5) is 21.8. The first kappa shape index (κ1) is 23.6. The van der Waals surface area contributed by atoms with Gasteiger partial charge in [-0.05, 0) is 44.5 Å². The molecule has 6 nitrogen and oxygen atoms in total. The van der Waals surface area contributed by atoms with Crippen molar-refractivity contribution in [1.82, 2.24) is 15.6 Å². The standard InChI is InChI=1S/C18H24ClN5OS.HI/c1-12-16(26-13(2)23-12)11-22-18(20-3)21-10-4-5-17(25)24-15-8-6-14(19)7-9-15;/h6-9H,4-5,10-11H2,1-3H3,(H,24,25)(H2,20,21,22);1H. The molecule has 0 spiro atoms. The minimum Gasteiger partial charge on any atom is -0.356 e. The van der Waals surface area contributed by atoms with E-state index >= 15 is 0 Å². The SMILES string of the molecule is CN=C(NCCCC(=O)Nc1ccc(Cl)cc1)NCc1sc(C)nc1C.I. The fourth-order valence-electron chi connectivity index (χ4n) is 2.33. The molecule has 1 heterocycles. The zero-order valence-corrected chi connectivity index (χ0v) is 19.5. The molecule has 2 rings (SSSR count). The number of nitrogens with zero attached hydrogens (tertiary/aromatic N) is 2. The van der Waals surface area contributed by atoms with Gasteiger partial charge in [0, 0.05) is 35.6 Å². The Balaban J connectivity index is 0.00000364. The van der Waals surface area contributed by atoms with E-state index in [1.807, 2.05) is 13.8 Å². The van der Waals surface area contributed by atoms with Crippen LogP contribution in [-0.4, -0.2) is 30.4 Å². The molecule has 0 aliphatic rings. The van der Waals surface area contributed by atoms with Crippen LogP contribution in [0, 0.1) is 13.8 Å². The Labute approximate surface area is 186 Å². The predicted octanol–water partition coefficient (Wildman–Crippen LogP) is 4.12. The van der Waals surface area contributed by atoms with E-state index in [0.29, 0.717) is 36.9 Å². The van der Waals surface area contributed by atoms with Crippen LogP contribution in [0.2, 0.25) is 5.02 Å². The first-order chi connectivity index (χ1) is 12.5. The Hall–Kier alpha value is -1.39. The van der Waals surface area contributed by atoms with Crippen molar-refractivity contribution in [2.45, 2.75) is 33.2 Å². The lowest BCUT2D eigenvalue weighted by atomic mass is 10.2. The molecule has 27 heavy (non-hydrogen) atoms. The molecule has 1 aromatic heterocycles. The van der Waals surface area contributed by atoms with E-state index in [-0.39, 0.29) is 29.9 Å². The number of anilines is 1. The maximum absolute atomic E-state index is 11.9. The molecule has 1 amide bonds. The fraction of sp³-hybridized carbons (Fsp3) is 0.389. The highest BCUT2D eigenvalue weighted by Gasteiger charge is 2.06. The van der Waals surface area contributed by atoms with Crippen molar-refractivity contribution in [2.24, 2.45) is 4.99 Å². The van der Waals surface area contributed by atoms with Crippen LogP contribution in [0.3, 0.4) is 0 Å². The Morgan fingerprint density at radius 3 is 2.52 bits per heavy atom. The minimum absolute atomic E-state index is 0. The quantitative estimate of drug-likeness (QED) is 0.222. The second kappa shape index (κ2) is 12.1. The lowest BCUT2D eigenvalue weighted by Gasteiger charge is -2.11. The lowest BCUT2D eigenvalue weighted by Crippen LogP contribution is -2.37. The van der Waals surface area contributed by atoms with Crippen LogP contribution in [-0.2, 0) is 11.3 Å². The number of thiazole rings is 1. The van der Waals surface area contributed by atoms with E-state index in [0.717, 1.165) is 16.4 Å². The summed E-state index contributed by atoms with van der Waals surface area (Å²) in [5.74, 6) is 0.696. The topological polar surface area (TPSA) is 78.4 Å². The number of nitrogens with one attached hydrogen (secondary N) is 3. The summed E-state index contributed by atoms with van der Waals surface area (Å²) in [6.07, 6.45) is 1.14. The molecule has 0 radical (unpaired) electrons. The second-order valence-electron chi connectivity index (χ2n) is 5.75. The highest BCUT2D eigenvalue weighted by Crippen LogP contribution is 2.16. The van der Waals surface area contributed by atoms with Crippen molar-refractivity contribution in [1.29, 1.82) is 0 Å². The van der Waals surface area contributed by atoms with Crippen molar-refractivity contribution in [3.8, 4) is 0 Å². The number of carbonyl (C=O) groups excluding carboxylic acids is 1. The van der Waals surface area contributed by atoms with E-state index in [4.69, 9.17) is 11.6 Å². The molecule has 2 aromatic rings. The van der Waals surface area contributed by atoms with Gasteiger partial charge < -0.3 is 16.0 Å². The van der Waals surface area contributed by atoms with Gasteiger partial charge in [0.2, 0.25) is 5.91 Å². The molecule has 9 heteroatoms. The molecule has 0 fully saturated rings. The average Bonchev–Trinajstić information content (AvgIpc) is 2.93. The summed E-state index contributed by atoms with van der Waals surface area (Å²) >= 11 is 7.51. The number of carbonyl (C=O) groups is 1. The van der Waals surface area contributed by atoms with Gasteiger partial charge in [0.15, 0.2) is 5.96 Å². The van der Waals surface area contributed by atoms with Crippen LogP contribution in [0.4, 0.5) is 5.69 Å². The molecule has 0 atom stereocenters. The maximum atomic E-state index is 11.9. The number of rotatable bonds is 7. The van der Waals surface area contributed by atoms with Crippen LogP contribution in [0.5, 0.6) is 0 Å². The highest BCUT2D eigenvalue weighted by molar-refractivity contribution is 14.0. The van der Waals surface area contributed by atoms with Crippen molar-refractivity contribution >= 4 is 64.5 Å². The molecule has 0 unspecified atom stereocenters.